The van der Waals surface area contributed by atoms with Crippen LogP contribution in [0.1, 0.15) is 28.2 Å². The summed E-state index contributed by atoms with van der Waals surface area (Å²) in [4.78, 5) is 21.4. The number of hydrogen-bond donors (Lipinski definition) is 1. The maximum Gasteiger partial charge on any atom is 0.226 e. The van der Waals surface area contributed by atoms with Crippen molar-refractivity contribution in [2.45, 2.75) is 33.7 Å². The van der Waals surface area contributed by atoms with Gasteiger partial charge in [0.25, 0.3) is 0 Å². The Kier molecular flexibility index (Phi) is 5.72. The van der Waals surface area contributed by atoms with Gasteiger partial charge in [0.05, 0.1) is 17.8 Å². The number of hydrogen-bond acceptors (Lipinski definition) is 5. The summed E-state index contributed by atoms with van der Waals surface area (Å²) in [7, 11) is 0. The van der Waals surface area contributed by atoms with Crippen molar-refractivity contribution in [3.8, 4) is 16.4 Å². The molecule has 0 aliphatic heterocycles. The number of rotatable bonds is 6. The molecule has 0 spiro atoms. The highest BCUT2D eigenvalue weighted by atomic mass is 32.1. The van der Waals surface area contributed by atoms with Crippen molar-refractivity contribution in [2.75, 3.05) is 0 Å². The van der Waals surface area contributed by atoms with E-state index in [1.165, 1.54) is 5.56 Å². The standard InChI is InChI=1S/C23H23N5OS/c1-15-4-7-19(8-5-15)23-26-20(14-30-23)11-22(29)25-13-18-6-9-21(24-12-18)28-17(3)10-16(2)27-28/h4-10,12,14H,11,13H2,1-3H3,(H,25,29). The lowest BCUT2D eigenvalue weighted by molar-refractivity contribution is -0.120. The topological polar surface area (TPSA) is 72.7 Å². The van der Waals surface area contributed by atoms with Gasteiger partial charge in [0.15, 0.2) is 5.82 Å². The van der Waals surface area contributed by atoms with E-state index in [0.29, 0.717) is 6.54 Å². The molecule has 0 atom stereocenters. The molecule has 6 nitrogen and oxygen atoms in total. The predicted molar refractivity (Wildman–Crippen MR) is 119 cm³/mol. The van der Waals surface area contributed by atoms with Crippen molar-refractivity contribution < 1.29 is 4.79 Å². The first-order valence-corrected chi connectivity index (χ1v) is 10.6. The first-order valence-electron chi connectivity index (χ1n) is 9.74. The lowest BCUT2D eigenvalue weighted by atomic mass is 10.2. The summed E-state index contributed by atoms with van der Waals surface area (Å²) < 4.78 is 1.81. The molecule has 0 aliphatic rings. The van der Waals surface area contributed by atoms with Gasteiger partial charge in [0, 0.05) is 29.4 Å². The van der Waals surface area contributed by atoms with Crippen LogP contribution in [0.2, 0.25) is 0 Å². The van der Waals surface area contributed by atoms with Crippen molar-refractivity contribution in [1.29, 1.82) is 0 Å². The number of amides is 1. The molecule has 3 aromatic heterocycles. The lowest BCUT2D eigenvalue weighted by Gasteiger charge is -2.06. The van der Waals surface area contributed by atoms with E-state index in [2.05, 4.69) is 51.6 Å². The second-order valence-electron chi connectivity index (χ2n) is 7.33. The summed E-state index contributed by atoms with van der Waals surface area (Å²) in [5.41, 5.74) is 6.00. The molecular weight excluding hydrogens is 394 g/mol. The number of nitrogens with zero attached hydrogens (tertiary/aromatic N) is 4. The first-order chi connectivity index (χ1) is 14.5. The van der Waals surface area contributed by atoms with Crippen molar-refractivity contribution >= 4 is 17.2 Å². The zero-order valence-corrected chi connectivity index (χ0v) is 18.0. The molecule has 0 saturated carbocycles. The van der Waals surface area contributed by atoms with Gasteiger partial charge in [-0.3, -0.25) is 4.79 Å². The van der Waals surface area contributed by atoms with Gasteiger partial charge >= 0.3 is 0 Å². The molecule has 0 aliphatic carbocycles. The Morgan fingerprint density at radius 2 is 1.90 bits per heavy atom. The zero-order chi connectivity index (χ0) is 21.1. The van der Waals surface area contributed by atoms with Gasteiger partial charge in [-0.05, 0) is 38.5 Å². The Labute approximate surface area is 179 Å². The number of benzene rings is 1. The predicted octanol–water partition coefficient (Wildman–Crippen LogP) is 4.17. The molecule has 1 amide bonds. The average Bonchev–Trinajstić information content (AvgIpc) is 3.33. The third-order valence-corrected chi connectivity index (χ3v) is 5.66. The minimum atomic E-state index is -0.0571. The fraction of sp³-hybridized carbons (Fsp3) is 0.217. The second-order valence-corrected chi connectivity index (χ2v) is 8.19. The van der Waals surface area contributed by atoms with E-state index >= 15 is 0 Å². The minimum Gasteiger partial charge on any atom is -0.352 e. The normalized spacial score (nSPS) is 10.9. The van der Waals surface area contributed by atoms with E-state index in [9.17, 15) is 4.79 Å². The summed E-state index contributed by atoms with van der Waals surface area (Å²) in [6.07, 6.45) is 2.03. The van der Waals surface area contributed by atoms with Crippen LogP contribution >= 0.6 is 11.3 Å². The van der Waals surface area contributed by atoms with Crippen LogP contribution in [-0.2, 0) is 17.8 Å². The summed E-state index contributed by atoms with van der Waals surface area (Å²) in [6, 6.07) is 14.1. The number of aromatic nitrogens is 4. The van der Waals surface area contributed by atoms with Crippen LogP contribution in [0.15, 0.2) is 54.0 Å². The van der Waals surface area contributed by atoms with E-state index in [4.69, 9.17) is 0 Å². The van der Waals surface area contributed by atoms with Crippen LogP contribution in [0.3, 0.4) is 0 Å². The van der Waals surface area contributed by atoms with Gasteiger partial charge in [0.2, 0.25) is 5.91 Å². The molecule has 0 fully saturated rings. The molecule has 1 aromatic carbocycles. The molecule has 0 saturated heterocycles. The fourth-order valence-corrected chi connectivity index (χ4v) is 3.98. The number of nitrogens with one attached hydrogen (secondary N) is 1. The highest BCUT2D eigenvalue weighted by molar-refractivity contribution is 7.13. The maximum absolute atomic E-state index is 12.3. The van der Waals surface area contributed by atoms with Crippen molar-refractivity contribution in [3.05, 3.63) is 82.3 Å². The molecule has 152 valence electrons. The molecule has 30 heavy (non-hydrogen) atoms. The van der Waals surface area contributed by atoms with E-state index in [-0.39, 0.29) is 12.3 Å². The summed E-state index contributed by atoms with van der Waals surface area (Å²) in [5.74, 6) is 0.708. The molecule has 0 unspecified atom stereocenters. The number of thiazole rings is 1. The Morgan fingerprint density at radius 3 is 2.57 bits per heavy atom. The Morgan fingerprint density at radius 1 is 1.10 bits per heavy atom. The molecule has 3 heterocycles. The van der Waals surface area contributed by atoms with Crippen LogP contribution in [0.5, 0.6) is 0 Å². The molecular formula is C23H23N5OS. The zero-order valence-electron chi connectivity index (χ0n) is 17.2. The first kappa shape index (κ1) is 20.0. The fourth-order valence-electron chi connectivity index (χ4n) is 3.15. The summed E-state index contributed by atoms with van der Waals surface area (Å²) in [6.45, 7) is 6.44. The minimum absolute atomic E-state index is 0.0571. The monoisotopic (exact) mass is 417 g/mol. The van der Waals surface area contributed by atoms with E-state index < -0.39 is 0 Å². The van der Waals surface area contributed by atoms with Crippen molar-refractivity contribution in [1.82, 2.24) is 25.1 Å². The van der Waals surface area contributed by atoms with Gasteiger partial charge in [0.1, 0.15) is 5.01 Å². The SMILES string of the molecule is Cc1ccc(-c2nc(CC(=O)NCc3ccc(-n4nc(C)cc4C)nc3)cs2)cc1. The maximum atomic E-state index is 12.3. The van der Waals surface area contributed by atoms with Crippen molar-refractivity contribution in [2.24, 2.45) is 0 Å². The Balaban J connectivity index is 1.33. The van der Waals surface area contributed by atoms with E-state index in [0.717, 1.165) is 39.0 Å². The molecule has 4 aromatic rings. The van der Waals surface area contributed by atoms with Crippen LogP contribution in [-0.4, -0.2) is 25.7 Å². The van der Waals surface area contributed by atoms with E-state index in [1.807, 2.05) is 42.1 Å². The Hall–Kier alpha value is -3.32. The van der Waals surface area contributed by atoms with Gasteiger partial charge < -0.3 is 5.32 Å². The van der Waals surface area contributed by atoms with Crippen LogP contribution in [0, 0.1) is 20.8 Å². The second kappa shape index (κ2) is 8.59. The number of pyridine rings is 1. The lowest BCUT2D eigenvalue weighted by Crippen LogP contribution is -2.24. The molecule has 7 heteroatoms. The molecule has 0 bridgehead atoms. The van der Waals surface area contributed by atoms with Gasteiger partial charge in [-0.15, -0.1) is 11.3 Å². The largest absolute Gasteiger partial charge is 0.352 e. The molecule has 4 rings (SSSR count). The molecule has 0 radical (unpaired) electrons. The smallest absolute Gasteiger partial charge is 0.226 e. The number of carbonyl (C=O) groups is 1. The highest BCUT2D eigenvalue weighted by Crippen LogP contribution is 2.24. The van der Waals surface area contributed by atoms with E-state index in [1.54, 1.807) is 17.5 Å². The van der Waals surface area contributed by atoms with Crippen LogP contribution in [0.4, 0.5) is 0 Å². The number of carbonyl (C=O) groups excluding carboxylic acids is 1. The van der Waals surface area contributed by atoms with Crippen LogP contribution < -0.4 is 5.32 Å². The van der Waals surface area contributed by atoms with Crippen LogP contribution in [0.25, 0.3) is 16.4 Å². The summed E-state index contributed by atoms with van der Waals surface area (Å²) in [5, 5.41) is 10.3. The third kappa shape index (κ3) is 4.63. The van der Waals surface area contributed by atoms with Gasteiger partial charge in [-0.2, -0.15) is 5.10 Å². The quantitative estimate of drug-likeness (QED) is 0.511. The summed E-state index contributed by atoms with van der Waals surface area (Å²) >= 11 is 1.56. The Bertz CT molecular complexity index is 1160. The molecule has 1 N–H and O–H groups in total. The van der Waals surface area contributed by atoms with Gasteiger partial charge in [-0.25, -0.2) is 14.6 Å². The highest BCUT2D eigenvalue weighted by Gasteiger charge is 2.10. The van der Waals surface area contributed by atoms with Gasteiger partial charge in [-0.1, -0.05) is 35.9 Å². The average molecular weight is 418 g/mol. The van der Waals surface area contributed by atoms with Crippen molar-refractivity contribution in [3.63, 3.8) is 0 Å². The third-order valence-electron chi connectivity index (χ3n) is 4.72. The number of aryl methyl sites for hydroxylation is 3.